The van der Waals surface area contributed by atoms with Gasteiger partial charge >= 0.3 is 0 Å². The van der Waals surface area contributed by atoms with Gasteiger partial charge in [-0.3, -0.25) is 0 Å². The number of allylic oxidation sites excluding steroid dienone is 2. The Morgan fingerprint density at radius 2 is 1.34 bits per heavy atom. The Hall–Kier alpha value is -2.48. The summed E-state index contributed by atoms with van der Waals surface area (Å²) in [6.45, 7) is 4.67. The molecule has 2 nitrogen and oxygen atoms in total. The lowest BCUT2D eigenvalue weighted by molar-refractivity contribution is 0.157. The fraction of sp³-hybridized carbons (Fsp3) is 0.467. The van der Waals surface area contributed by atoms with Crippen LogP contribution in [0, 0.1) is 24.2 Å². The number of nitrogens with zero attached hydrogens (tertiary/aromatic N) is 2. The molecule has 0 N–H and O–H groups in total. The summed E-state index contributed by atoms with van der Waals surface area (Å²) in [5.41, 5.74) is 7.39. The van der Waals surface area contributed by atoms with E-state index in [1.54, 1.807) is 5.70 Å². The molecule has 6 rings (SSSR count). The zero-order valence-electron chi connectivity index (χ0n) is 19.6. The number of benzene rings is 2. The number of hydrogen-bond donors (Lipinski definition) is 0. The number of rotatable bonds is 4. The van der Waals surface area contributed by atoms with E-state index < -0.39 is 0 Å². The number of hydrogen-bond acceptors (Lipinski definition) is 2. The Morgan fingerprint density at radius 3 is 1.97 bits per heavy atom. The molecule has 2 fully saturated rings. The second-order valence-corrected chi connectivity index (χ2v) is 10.5. The highest BCUT2D eigenvalue weighted by Crippen LogP contribution is 2.63. The van der Waals surface area contributed by atoms with Crippen LogP contribution in [0.2, 0.25) is 0 Å². The molecule has 2 aliphatic carbocycles. The Balaban J connectivity index is 1.55. The number of fused-ring (bicyclic) bond motifs is 1. The van der Waals surface area contributed by atoms with E-state index >= 15 is 0 Å². The first-order valence-electron chi connectivity index (χ1n) is 12.8. The summed E-state index contributed by atoms with van der Waals surface area (Å²) in [7, 11) is 0. The zero-order valence-corrected chi connectivity index (χ0v) is 19.6. The Morgan fingerprint density at radius 1 is 0.750 bits per heavy atom. The number of anilines is 1. The molecule has 2 saturated carbocycles. The molecule has 32 heavy (non-hydrogen) atoms. The van der Waals surface area contributed by atoms with E-state index in [-0.39, 0.29) is 11.6 Å². The third kappa shape index (κ3) is 2.84. The van der Waals surface area contributed by atoms with Crippen molar-refractivity contribution in [1.82, 2.24) is 4.90 Å². The SMILES string of the molecule is CC1=C2N(C=CC2(C2CCCC2)C2CCCC2)C(c2ccccc2)N1c1ccccc1C. The van der Waals surface area contributed by atoms with Crippen molar-refractivity contribution in [3.63, 3.8) is 0 Å². The van der Waals surface area contributed by atoms with E-state index in [4.69, 9.17) is 0 Å². The van der Waals surface area contributed by atoms with Gasteiger partial charge < -0.3 is 9.80 Å². The van der Waals surface area contributed by atoms with Crippen molar-refractivity contribution >= 4 is 5.69 Å². The molecule has 2 heteroatoms. The molecule has 4 aliphatic rings. The summed E-state index contributed by atoms with van der Waals surface area (Å²) in [6.07, 6.45) is 16.6. The molecule has 0 bridgehead atoms. The van der Waals surface area contributed by atoms with Crippen molar-refractivity contribution in [2.24, 2.45) is 17.3 Å². The van der Waals surface area contributed by atoms with Gasteiger partial charge in [-0.2, -0.15) is 0 Å². The highest BCUT2D eigenvalue weighted by Gasteiger charge is 2.56. The molecule has 2 heterocycles. The molecule has 0 radical (unpaired) electrons. The molecular weight excluding hydrogens is 388 g/mol. The highest BCUT2D eigenvalue weighted by molar-refractivity contribution is 5.64. The molecule has 0 saturated heterocycles. The number of para-hydroxylation sites is 1. The zero-order chi connectivity index (χ0) is 21.7. The fourth-order valence-electron chi connectivity index (χ4n) is 7.59. The topological polar surface area (TPSA) is 6.48 Å². The second-order valence-electron chi connectivity index (χ2n) is 10.5. The first kappa shape index (κ1) is 20.1. The molecular formula is C30H36N2. The van der Waals surface area contributed by atoms with E-state index in [9.17, 15) is 0 Å². The van der Waals surface area contributed by atoms with Crippen LogP contribution in [0.3, 0.4) is 0 Å². The lowest BCUT2D eigenvalue weighted by Gasteiger charge is -2.42. The van der Waals surface area contributed by atoms with Crippen molar-refractivity contribution < 1.29 is 0 Å². The summed E-state index contributed by atoms with van der Waals surface area (Å²) in [4.78, 5) is 5.30. The van der Waals surface area contributed by atoms with Gasteiger partial charge in [0.25, 0.3) is 0 Å². The van der Waals surface area contributed by atoms with E-state index in [0.29, 0.717) is 0 Å². The summed E-state index contributed by atoms with van der Waals surface area (Å²) < 4.78 is 0. The average Bonchev–Trinajstić information content (AvgIpc) is 3.61. The quantitative estimate of drug-likeness (QED) is 0.491. The summed E-state index contributed by atoms with van der Waals surface area (Å²) in [6, 6.07) is 20.1. The maximum absolute atomic E-state index is 2.67. The molecule has 0 aromatic heterocycles. The minimum atomic E-state index is 0.202. The Kier molecular flexibility index (Phi) is 4.93. The number of aryl methyl sites for hydroxylation is 1. The standard InChI is InChI=1S/C30H36N2/c1-22-12-6-11-19-27(22)32-23(2)28-30(25-15-7-8-16-25,26-17-9-10-18-26)20-21-31(28)29(32)24-13-4-3-5-14-24/h3-6,11-14,19-21,25-26,29H,7-10,15-18H2,1-2H3. The van der Waals surface area contributed by atoms with Crippen LogP contribution in [0.4, 0.5) is 5.69 Å². The predicted molar refractivity (Wildman–Crippen MR) is 133 cm³/mol. The van der Waals surface area contributed by atoms with Crippen LogP contribution in [0.1, 0.15) is 75.6 Å². The van der Waals surface area contributed by atoms with Crippen molar-refractivity contribution in [3.8, 4) is 0 Å². The van der Waals surface area contributed by atoms with Crippen LogP contribution in [-0.2, 0) is 0 Å². The Labute approximate surface area is 193 Å². The van der Waals surface area contributed by atoms with Gasteiger partial charge in [0.15, 0.2) is 0 Å². The smallest absolute Gasteiger partial charge is 0.136 e. The lowest BCUT2D eigenvalue weighted by Crippen LogP contribution is -2.37. The molecule has 1 atom stereocenters. The molecule has 2 aromatic carbocycles. The van der Waals surface area contributed by atoms with E-state index in [1.807, 2.05) is 0 Å². The highest BCUT2D eigenvalue weighted by atomic mass is 15.4. The van der Waals surface area contributed by atoms with Crippen LogP contribution in [0.5, 0.6) is 0 Å². The minimum absolute atomic E-state index is 0.202. The second kappa shape index (κ2) is 7.83. The van der Waals surface area contributed by atoms with Crippen LogP contribution in [0.25, 0.3) is 0 Å². The van der Waals surface area contributed by atoms with Gasteiger partial charge in [-0.25, -0.2) is 0 Å². The molecule has 2 aliphatic heterocycles. The summed E-state index contributed by atoms with van der Waals surface area (Å²) in [5.74, 6) is 1.59. The van der Waals surface area contributed by atoms with Gasteiger partial charge in [-0.1, -0.05) is 80.3 Å². The largest absolute Gasteiger partial charge is 0.324 e. The monoisotopic (exact) mass is 424 g/mol. The normalized spacial score (nSPS) is 25.4. The fourth-order valence-corrected chi connectivity index (χ4v) is 7.59. The van der Waals surface area contributed by atoms with Gasteiger partial charge in [-0.05, 0) is 68.6 Å². The van der Waals surface area contributed by atoms with Gasteiger partial charge in [-0.15, -0.1) is 0 Å². The third-order valence-corrected chi connectivity index (χ3v) is 8.93. The minimum Gasteiger partial charge on any atom is -0.324 e. The van der Waals surface area contributed by atoms with Crippen LogP contribution in [-0.4, -0.2) is 4.90 Å². The van der Waals surface area contributed by atoms with Crippen molar-refractivity contribution in [2.75, 3.05) is 4.90 Å². The predicted octanol–water partition coefficient (Wildman–Crippen LogP) is 7.94. The molecule has 0 spiro atoms. The first-order chi connectivity index (χ1) is 15.7. The maximum Gasteiger partial charge on any atom is 0.136 e. The van der Waals surface area contributed by atoms with Gasteiger partial charge in [0.05, 0.1) is 0 Å². The molecule has 2 aromatic rings. The lowest BCUT2D eigenvalue weighted by atomic mass is 9.63. The van der Waals surface area contributed by atoms with Gasteiger partial charge in [0.1, 0.15) is 6.17 Å². The third-order valence-electron chi connectivity index (χ3n) is 8.93. The van der Waals surface area contributed by atoms with Crippen molar-refractivity contribution in [1.29, 1.82) is 0 Å². The molecule has 166 valence electrons. The maximum atomic E-state index is 2.67. The first-order valence-corrected chi connectivity index (χ1v) is 12.8. The van der Waals surface area contributed by atoms with Gasteiger partial charge in [0, 0.05) is 28.7 Å². The van der Waals surface area contributed by atoms with Crippen molar-refractivity contribution in [2.45, 2.75) is 71.4 Å². The average molecular weight is 425 g/mol. The van der Waals surface area contributed by atoms with E-state index in [0.717, 1.165) is 11.8 Å². The van der Waals surface area contributed by atoms with Gasteiger partial charge in [0.2, 0.25) is 0 Å². The summed E-state index contributed by atoms with van der Waals surface area (Å²) in [5, 5.41) is 0. The summed E-state index contributed by atoms with van der Waals surface area (Å²) >= 11 is 0. The van der Waals surface area contributed by atoms with E-state index in [1.165, 1.54) is 73.9 Å². The molecule has 0 amide bonds. The van der Waals surface area contributed by atoms with E-state index in [2.05, 4.69) is 90.5 Å². The van der Waals surface area contributed by atoms with Crippen LogP contribution in [0.15, 0.2) is 78.3 Å². The van der Waals surface area contributed by atoms with Crippen LogP contribution >= 0.6 is 0 Å². The Bertz CT molecular complexity index is 1020. The van der Waals surface area contributed by atoms with Crippen LogP contribution < -0.4 is 4.90 Å². The molecule has 1 unspecified atom stereocenters. The van der Waals surface area contributed by atoms with Crippen molar-refractivity contribution in [3.05, 3.63) is 89.4 Å².